The summed E-state index contributed by atoms with van der Waals surface area (Å²) in [4.78, 5) is 14.9. The minimum absolute atomic E-state index is 0.0646. The number of hydrogen-bond acceptors (Lipinski definition) is 3. The van der Waals surface area contributed by atoms with Crippen LogP contribution in [-0.2, 0) is 4.79 Å². The zero-order valence-electron chi connectivity index (χ0n) is 13.4. The fourth-order valence-corrected chi connectivity index (χ4v) is 4.36. The standard InChI is InChI=1S/C19H18ClNOS/c1-4-21-17(11-13(3)22)23-16-10-9-12(2)18(19(16)21)14-7-5-6-8-15(14)20/h5-11H,4H2,1-3H3/b17-11-. The summed E-state index contributed by atoms with van der Waals surface area (Å²) < 4.78 is 0. The molecule has 0 fully saturated rings. The van der Waals surface area contributed by atoms with Gasteiger partial charge >= 0.3 is 0 Å². The molecule has 0 bridgehead atoms. The summed E-state index contributed by atoms with van der Waals surface area (Å²) in [6.45, 7) is 6.59. The van der Waals surface area contributed by atoms with Crippen LogP contribution < -0.4 is 4.90 Å². The number of anilines is 1. The minimum Gasteiger partial charge on any atom is -0.335 e. The van der Waals surface area contributed by atoms with E-state index in [-0.39, 0.29) is 5.78 Å². The number of rotatable bonds is 3. The van der Waals surface area contributed by atoms with E-state index in [9.17, 15) is 4.79 Å². The predicted molar refractivity (Wildman–Crippen MR) is 99.3 cm³/mol. The van der Waals surface area contributed by atoms with Gasteiger partial charge in [0.2, 0.25) is 0 Å². The average Bonchev–Trinajstić information content (AvgIpc) is 2.85. The molecule has 0 amide bonds. The van der Waals surface area contributed by atoms with Gasteiger partial charge in [0.1, 0.15) is 0 Å². The quantitative estimate of drug-likeness (QED) is 0.669. The molecule has 0 saturated heterocycles. The SMILES string of the molecule is CCN1/C(=C/C(C)=O)Sc2ccc(C)c(-c3ccccc3Cl)c21. The van der Waals surface area contributed by atoms with Gasteiger partial charge in [-0.15, -0.1) is 0 Å². The van der Waals surface area contributed by atoms with Crippen molar-refractivity contribution in [2.75, 3.05) is 11.4 Å². The summed E-state index contributed by atoms with van der Waals surface area (Å²) in [6.07, 6.45) is 1.71. The number of hydrogen-bond donors (Lipinski definition) is 0. The van der Waals surface area contributed by atoms with Crippen LogP contribution in [0.3, 0.4) is 0 Å². The van der Waals surface area contributed by atoms with Crippen molar-refractivity contribution in [3.8, 4) is 11.1 Å². The Morgan fingerprint density at radius 2 is 2.00 bits per heavy atom. The minimum atomic E-state index is 0.0646. The molecule has 2 nitrogen and oxygen atoms in total. The van der Waals surface area contributed by atoms with Gasteiger partial charge in [0.25, 0.3) is 0 Å². The van der Waals surface area contributed by atoms with E-state index in [0.717, 1.165) is 33.4 Å². The van der Waals surface area contributed by atoms with E-state index in [1.165, 1.54) is 10.5 Å². The third-order valence-electron chi connectivity index (χ3n) is 3.89. The topological polar surface area (TPSA) is 20.3 Å². The monoisotopic (exact) mass is 343 g/mol. The zero-order valence-corrected chi connectivity index (χ0v) is 15.0. The lowest BCUT2D eigenvalue weighted by molar-refractivity contribution is -0.112. The van der Waals surface area contributed by atoms with Crippen LogP contribution in [0.2, 0.25) is 5.02 Å². The van der Waals surface area contributed by atoms with Crippen LogP contribution in [0, 0.1) is 6.92 Å². The molecule has 0 unspecified atom stereocenters. The van der Waals surface area contributed by atoms with E-state index in [2.05, 4.69) is 36.9 Å². The van der Waals surface area contributed by atoms with Gasteiger partial charge in [-0.25, -0.2) is 0 Å². The Bertz CT molecular complexity index is 813. The highest BCUT2D eigenvalue weighted by molar-refractivity contribution is 8.03. The molecule has 23 heavy (non-hydrogen) atoms. The van der Waals surface area contributed by atoms with Crippen LogP contribution in [0.1, 0.15) is 19.4 Å². The molecule has 2 aromatic rings. The Morgan fingerprint density at radius 1 is 1.26 bits per heavy atom. The molecule has 2 aromatic carbocycles. The summed E-state index contributed by atoms with van der Waals surface area (Å²) in [5.74, 6) is 0.0646. The smallest absolute Gasteiger partial charge is 0.155 e. The molecular formula is C19H18ClNOS. The Kier molecular flexibility index (Phi) is 4.51. The molecule has 3 rings (SSSR count). The van der Waals surface area contributed by atoms with Crippen LogP contribution in [-0.4, -0.2) is 12.3 Å². The molecule has 4 heteroatoms. The summed E-state index contributed by atoms with van der Waals surface area (Å²) in [7, 11) is 0. The number of ketones is 1. The van der Waals surface area contributed by atoms with Crippen LogP contribution in [0.5, 0.6) is 0 Å². The van der Waals surface area contributed by atoms with Crippen molar-refractivity contribution < 1.29 is 4.79 Å². The maximum atomic E-state index is 11.6. The van der Waals surface area contributed by atoms with Crippen molar-refractivity contribution in [1.82, 2.24) is 0 Å². The first-order valence-corrected chi connectivity index (χ1v) is 8.78. The molecule has 1 aliphatic rings. The van der Waals surface area contributed by atoms with Crippen LogP contribution in [0.25, 0.3) is 11.1 Å². The summed E-state index contributed by atoms with van der Waals surface area (Å²) in [6, 6.07) is 12.2. The van der Waals surface area contributed by atoms with Crippen LogP contribution in [0.4, 0.5) is 5.69 Å². The second kappa shape index (κ2) is 6.42. The molecule has 0 N–H and O–H groups in total. The lowest BCUT2D eigenvalue weighted by atomic mass is 9.97. The van der Waals surface area contributed by atoms with Gasteiger partial charge in [-0.1, -0.05) is 47.6 Å². The average molecular weight is 344 g/mol. The molecule has 1 heterocycles. The van der Waals surface area contributed by atoms with Gasteiger partial charge in [0, 0.05) is 33.7 Å². The van der Waals surface area contributed by atoms with Gasteiger partial charge in [0.05, 0.1) is 10.7 Å². The second-order valence-corrected chi connectivity index (χ2v) is 6.99. The number of allylic oxidation sites excluding steroid dienone is 1. The van der Waals surface area contributed by atoms with E-state index >= 15 is 0 Å². The first kappa shape index (κ1) is 16.2. The normalized spacial score (nSPS) is 15.1. The number of thioether (sulfide) groups is 1. The van der Waals surface area contributed by atoms with Crippen molar-refractivity contribution in [1.29, 1.82) is 0 Å². The molecule has 118 valence electrons. The Balaban J connectivity index is 2.25. The van der Waals surface area contributed by atoms with Crippen molar-refractivity contribution in [2.24, 2.45) is 0 Å². The Hall–Kier alpha value is -1.71. The zero-order chi connectivity index (χ0) is 16.6. The Labute approximate surface area is 146 Å². The number of aryl methyl sites for hydroxylation is 1. The van der Waals surface area contributed by atoms with Crippen LogP contribution in [0.15, 0.2) is 52.4 Å². The first-order chi connectivity index (χ1) is 11.0. The van der Waals surface area contributed by atoms with Crippen LogP contribution >= 0.6 is 23.4 Å². The molecule has 1 aliphatic heterocycles. The van der Waals surface area contributed by atoms with Gasteiger partial charge < -0.3 is 4.90 Å². The number of benzene rings is 2. The number of nitrogens with zero attached hydrogens (tertiary/aromatic N) is 1. The van der Waals surface area contributed by atoms with Crippen molar-refractivity contribution in [2.45, 2.75) is 25.7 Å². The third-order valence-corrected chi connectivity index (χ3v) is 5.31. The summed E-state index contributed by atoms with van der Waals surface area (Å²) in [5.41, 5.74) is 4.51. The van der Waals surface area contributed by atoms with E-state index < -0.39 is 0 Å². The maximum absolute atomic E-state index is 11.6. The number of carbonyl (C=O) groups is 1. The van der Waals surface area contributed by atoms with Gasteiger partial charge in [-0.05, 0) is 38.5 Å². The van der Waals surface area contributed by atoms with E-state index in [1.54, 1.807) is 24.8 Å². The fraction of sp³-hybridized carbons (Fsp3) is 0.211. The second-order valence-electron chi connectivity index (χ2n) is 5.52. The molecule has 0 atom stereocenters. The van der Waals surface area contributed by atoms with Gasteiger partial charge in [0.15, 0.2) is 5.78 Å². The summed E-state index contributed by atoms with van der Waals surface area (Å²) >= 11 is 8.09. The van der Waals surface area contributed by atoms with Crippen molar-refractivity contribution in [3.63, 3.8) is 0 Å². The van der Waals surface area contributed by atoms with Gasteiger partial charge in [-0.2, -0.15) is 0 Å². The predicted octanol–water partition coefficient (Wildman–Crippen LogP) is 5.68. The molecule has 0 aromatic heterocycles. The highest BCUT2D eigenvalue weighted by Crippen LogP contribution is 2.52. The highest BCUT2D eigenvalue weighted by atomic mass is 35.5. The van der Waals surface area contributed by atoms with Gasteiger partial charge in [-0.3, -0.25) is 4.79 Å². The fourth-order valence-electron chi connectivity index (χ4n) is 2.90. The Morgan fingerprint density at radius 3 is 2.65 bits per heavy atom. The van der Waals surface area contributed by atoms with E-state index in [1.807, 2.05) is 18.2 Å². The first-order valence-electron chi connectivity index (χ1n) is 7.59. The molecular weight excluding hydrogens is 326 g/mol. The lowest BCUT2D eigenvalue weighted by Gasteiger charge is -2.22. The maximum Gasteiger partial charge on any atom is 0.155 e. The lowest BCUT2D eigenvalue weighted by Crippen LogP contribution is -2.18. The molecule has 0 aliphatic carbocycles. The summed E-state index contributed by atoms with van der Waals surface area (Å²) in [5, 5.41) is 1.72. The largest absolute Gasteiger partial charge is 0.335 e. The third kappa shape index (κ3) is 2.91. The molecule has 0 saturated carbocycles. The van der Waals surface area contributed by atoms with E-state index in [0.29, 0.717) is 0 Å². The van der Waals surface area contributed by atoms with Crippen molar-refractivity contribution in [3.05, 3.63) is 58.1 Å². The number of halogens is 1. The molecule has 0 spiro atoms. The highest BCUT2D eigenvalue weighted by Gasteiger charge is 2.29. The number of carbonyl (C=O) groups excluding carboxylic acids is 1. The van der Waals surface area contributed by atoms with Crippen molar-refractivity contribution >= 4 is 34.8 Å². The molecule has 0 radical (unpaired) electrons. The van der Waals surface area contributed by atoms with E-state index in [4.69, 9.17) is 11.6 Å². The number of fused-ring (bicyclic) bond motifs is 1.